The van der Waals surface area contributed by atoms with Crippen molar-refractivity contribution in [2.45, 2.75) is 159 Å². The molecule has 0 saturated carbocycles. The van der Waals surface area contributed by atoms with Gasteiger partial charge in [0.05, 0.1) is 0 Å². The summed E-state index contributed by atoms with van der Waals surface area (Å²) in [5.74, 6) is 0. The van der Waals surface area contributed by atoms with Gasteiger partial charge in [-0.1, -0.05) is 0 Å². The van der Waals surface area contributed by atoms with Crippen molar-refractivity contribution >= 4 is 34.1 Å². The molecule has 1 fully saturated rings. The molecule has 1 aliphatic heterocycles. The monoisotopic (exact) mass is 886 g/mol. The minimum Gasteiger partial charge on any atom is 0 e. The largest absolute Gasteiger partial charge is 0 e. The smallest absolute Gasteiger partial charge is 0 e. The van der Waals surface area contributed by atoms with Gasteiger partial charge in [0, 0.05) is 69.4 Å². The van der Waals surface area contributed by atoms with Crippen LogP contribution in [0.2, 0.25) is 0 Å². The molecule has 0 aromatic heterocycles. The number of rotatable bonds is 12. The van der Waals surface area contributed by atoms with Crippen molar-refractivity contribution in [3.63, 3.8) is 0 Å². The van der Waals surface area contributed by atoms with Crippen LogP contribution in [0.4, 0.5) is 0 Å². The Morgan fingerprint density at radius 3 is 0.644 bits per heavy atom. The standard InChI is InChI=1S/C24H56N4O4P4.4CO.W/c1-17(2)25(18(3)4)33-29-34(26(19(5)6)20(7)8)31-36(28(23(13)14)24(15)16)32-35(30-33)27(21(9)10)22(11)12;4*1-2;/h17-24H,1-16H3;;;;;/p+2. The zero-order valence-corrected chi connectivity index (χ0v) is 36.7. The van der Waals surface area contributed by atoms with Gasteiger partial charge >= 0.3 is 79.3 Å². The minimum absolute atomic E-state index is 0. The molecule has 262 valence electrons. The van der Waals surface area contributed by atoms with Crippen LogP contribution in [-0.4, -0.2) is 67.0 Å². The third-order valence-electron chi connectivity index (χ3n) is 5.77. The molecule has 1 saturated heterocycles. The molecule has 0 aromatic carbocycles. The quantitative estimate of drug-likeness (QED) is 0.108. The first-order valence-corrected chi connectivity index (χ1v) is 19.3. The number of hydrogen-bond acceptors (Lipinski definition) is 8. The van der Waals surface area contributed by atoms with Gasteiger partial charge in [-0.25, -0.2) is 9.34 Å². The summed E-state index contributed by atoms with van der Waals surface area (Å²) in [4.78, 5) is 0. The van der Waals surface area contributed by atoms with Crippen LogP contribution < -0.4 is 0 Å². The minimum atomic E-state index is -1.90. The molecule has 0 spiro atoms. The molecular weight excluding hydrogens is 828 g/mol. The predicted octanol–water partition coefficient (Wildman–Crippen LogP) is 8.76. The van der Waals surface area contributed by atoms with Crippen LogP contribution in [0.25, 0.3) is 0 Å². The van der Waals surface area contributed by atoms with E-state index >= 15 is 0 Å². The number of hydrogen-bond donors (Lipinski definition) is 0. The van der Waals surface area contributed by atoms with Gasteiger partial charge in [0.2, 0.25) is 0 Å². The molecule has 0 radical (unpaired) electrons. The van der Waals surface area contributed by atoms with E-state index < -0.39 is 34.1 Å². The Hall–Kier alpha value is 1.05. The molecule has 0 atom stereocenters. The molecule has 0 unspecified atom stereocenters. The van der Waals surface area contributed by atoms with Gasteiger partial charge in [0.25, 0.3) is 0 Å². The molecule has 0 aliphatic carbocycles. The normalized spacial score (nSPS) is 20.2. The predicted molar refractivity (Wildman–Crippen MR) is 179 cm³/mol. The van der Waals surface area contributed by atoms with Crippen molar-refractivity contribution in [3.05, 3.63) is 26.6 Å². The fourth-order valence-electron chi connectivity index (χ4n) is 4.70. The van der Waals surface area contributed by atoms with Crippen molar-refractivity contribution in [3.8, 4) is 0 Å². The first-order chi connectivity index (χ1) is 20.5. The Morgan fingerprint density at radius 2 is 0.533 bits per heavy atom. The second-order valence-corrected chi connectivity index (χ2v) is 18.6. The molecule has 12 nitrogen and oxygen atoms in total. The van der Waals surface area contributed by atoms with Crippen molar-refractivity contribution in [1.82, 2.24) is 18.7 Å². The molecule has 0 amide bonds. The van der Waals surface area contributed by atoms with Gasteiger partial charge in [0.15, 0.2) is 0 Å². The molecule has 0 bridgehead atoms. The summed E-state index contributed by atoms with van der Waals surface area (Å²) in [6, 6.07) is 2.17. The first kappa shape index (κ1) is 55.5. The molecule has 1 heterocycles. The fourth-order valence-corrected chi connectivity index (χ4v) is 14.9. The molecular formula is C28H58N4O8P4W+2. The van der Waals surface area contributed by atoms with E-state index in [9.17, 15) is 0 Å². The molecule has 0 aromatic rings. The average Bonchev–Trinajstić information content (AvgIpc) is 2.90. The molecule has 17 heteroatoms. The van der Waals surface area contributed by atoms with Gasteiger partial charge in [-0.15, -0.1) is 26.6 Å². The van der Waals surface area contributed by atoms with E-state index in [0.29, 0.717) is 0 Å². The van der Waals surface area contributed by atoms with E-state index in [1.807, 2.05) is 0 Å². The van der Waals surface area contributed by atoms with Crippen molar-refractivity contribution in [2.75, 3.05) is 0 Å². The average molecular weight is 887 g/mol. The van der Waals surface area contributed by atoms with Crippen LogP contribution >= 0.6 is 34.1 Å². The van der Waals surface area contributed by atoms with Crippen LogP contribution in [0.3, 0.4) is 0 Å². The second-order valence-electron chi connectivity index (χ2n) is 11.7. The van der Waals surface area contributed by atoms with Gasteiger partial charge < -0.3 is 0 Å². The topological polar surface area (TPSA) is 129 Å². The van der Waals surface area contributed by atoms with Crippen LogP contribution in [0.15, 0.2) is 0 Å². The van der Waals surface area contributed by atoms with Crippen molar-refractivity contribution in [2.24, 2.45) is 0 Å². The SMILES string of the molecule is CC(C)N(C(C)C)P1O[PH+](N(C(C)C)C(C)C)OP(N(C(C)C)C(C)C)O[PH+](N(C(C)C)C(C)C)O1.[C-]#[O+].[C-]#[O+].[C-]#[O+].[C-]#[O+].[W]. The van der Waals surface area contributed by atoms with Crippen molar-refractivity contribution in [1.29, 1.82) is 0 Å². The molecule has 1 rings (SSSR count). The van der Waals surface area contributed by atoms with E-state index in [-0.39, 0.29) is 69.4 Å². The van der Waals surface area contributed by atoms with Crippen LogP contribution in [0.5, 0.6) is 0 Å². The first-order valence-electron chi connectivity index (χ1n) is 14.5. The summed E-state index contributed by atoms with van der Waals surface area (Å²) < 4.78 is 67.6. The van der Waals surface area contributed by atoms with Crippen LogP contribution in [0.1, 0.15) is 111 Å². The Labute approximate surface area is 294 Å². The van der Waals surface area contributed by atoms with Crippen LogP contribution in [0, 0.1) is 26.6 Å². The van der Waals surface area contributed by atoms with Gasteiger partial charge in [-0.2, -0.15) is 0 Å². The maximum atomic E-state index is 7.50. The Bertz CT molecular complexity index is 638. The third-order valence-corrected chi connectivity index (χ3v) is 16.3. The summed E-state index contributed by atoms with van der Waals surface area (Å²) in [5.41, 5.74) is 0. The van der Waals surface area contributed by atoms with E-state index in [1.54, 1.807) is 0 Å². The van der Waals surface area contributed by atoms with E-state index in [1.165, 1.54) is 0 Å². The Morgan fingerprint density at radius 1 is 0.378 bits per heavy atom. The maximum Gasteiger partial charge on any atom is 0 e. The van der Waals surface area contributed by atoms with E-state index in [4.69, 9.17) is 35.9 Å². The van der Waals surface area contributed by atoms with E-state index in [0.717, 1.165) is 0 Å². The van der Waals surface area contributed by atoms with Gasteiger partial charge in [-0.3, -0.25) is 0 Å². The third kappa shape index (κ3) is 19.7. The molecule has 1 aliphatic rings. The number of nitrogens with zero attached hydrogens (tertiary/aromatic N) is 4. The Kier molecular flexibility index (Phi) is 38.3. The van der Waals surface area contributed by atoms with Gasteiger partial charge in [0.1, 0.15) is 0 Å². The van der Waals surface area contributed by atoms with Gasteiger partial charge in [-0.05, 0) is 111 Å². The molecule has 45 heavy (non-hydrogen) atoms. The molecule has 0 N–H and O–H groups in total. The van der Waals surface area contributed by atoms with Crippen LogP contribution in [-0.2, 0) is 56.9 Å². The zero-order chi connectivity index (χ0) is 36.1. The summed E-state index contributed by atoms with van der Waals surface area (Å²) in [5, 5.41) is 0. The maximum absolute atomic E-state index is 7.50. The summed E-state index contributed by atoms with van der Waals surface area (Å²) in [6.45, 7) is 53.5. The summed E-state index contributed by atoms with van der Waals surface area (Å²) in [7, 11) is -6.56. The summed E-state index contributed by atoms with van der Waals surface area (Å²) in [6.07, 6.45) is 0. The summed E-state index contributed by atoms with van der Waals surface area (Å²) >= 11 is 0. The van der Waals surface area contributed by atoms with E-state index in [2.05, 4.69) is 156 Å². The fraction of sp³-hybridized carbons (Fsp3) is 0.857. The zero-order valence-electron chi connectivity index (χ0n) is 30.0. The second kappa shape index (κ2) is 31.1. The van der Waals surface area contributed by atoms with Crippen molar-refractivity contribution < 1.29 is 56.9 Å². The Balaban J connectivity index is -0.000000546.